The smallest absolute Gasteiger partial charge is 0.224 e. The molecule has 3 heterocycles. The fourth-order valence-corrected chi connectivity index (χ4v) is 6.92. The van der Waals surface area contributed by atoms with Crippen LogP contribution >= 0.6 is 11.3 Å². The predicted octanol–water partition coefficient (Wildman–Crippen LogP) is 4.06. The van der Waals surface area contributed by atoms with Gasteiger partial charge in [0.2, 0.25) is 5.91 Å². The van der Waals surface area contributed by atoms with Crippen molar-refractivity contribution in [2.24, 2.45) is 11.8 Å². The number of carbonyl (C=O) groups excluding carboxylic acids is 3. The van der Waals surface area contributed by atoms with Gasteiger partial charge >= 0.3 is 0 Å². The van der Waals surface area contributed by atoms with Crippen LogP contribution in [0, 0.1) is 11.8 Å². The fraction of sp³-hybridized carbons (Fsp3) is 0.625. The van der Waals surface area contributed by atoms with E-state index in [9.17, 15) is 14.4 Å². The zero-order valence-electron chi connectivity index (χ0n) is 25.0. The standard InChI is InChI=1S/C32H46N4O4S/c1-5-24-6-7-28-30(19-24)41-31(33-28)20-26(18-23(3)37)32(39)34-27(25-10-16-40-17-11-25)8-9-29(38)22(2)21-36-14-12-35(4)13-15-36/h6-7,19,25-27H,2,5,8-18,20-21H2,1,3-4H3,(H,34,39)/t26-,27+/m0/s1. The Kier molecular flexibility index (Phi) is 11.6. The molecule has 1 amide bonds. The van der Waals surface area contributed by atoms with Crippen molar-refractivity contribution in [3.8, 4) is 0 Å². The van der Waals surface area contributed by atoms with E-state index >= 15 is 0 Å². The molecule has 2 aromatic rings. The first-order chi connectivity index (χ1) is 19.7. The van der Waals surface area contributed by atoms with Crippen LogP contribution in [0.1, 0.15) is 56.5 Å². The van der Waals surface area contributed by atoms with Crippen molar-refractivity contribution in [1.82, 2.24) is 20.1 Å². The summed E-state index contributed by atoms with van der Waals surface area (Å²) in [6, 6.07) is 6.13. The second kappa shape index (κ2) is 15.1. The molecule has 2 aliphatic rings. The number of aromatic nitrogens is 1. The minimum atomic E-state index is -0.496. The Morgan fingerprint density at radius 1 is 1.17 bits per heavy atom. The number of aryl methyl sites for hydroxylation is 1. The number of ether oxygens (including phenoxy) is 1. The zero-order chi connectivity index (χ0) is 29.4. The lowest BCUT2D eigenvalue weighted by Crippen LogP contribution is -2.46. The average molecular weight is 583 g/mol. The Balaban J connectivity index is 1.40. The van der Waals surface area contributed by atoms with Crippen molar-refractivity contribution in [2.75, 3.05) is 53.0 Å². The summed E-state index contributed by atoms with van der Waals surface area (Å²) in [6.07, 6.45) is 4.15. The van der Waals surface area contributed by atoms with Gasteiger partial charge in [-0.15, -0.1) is 11.3 Å². The van der Waals surface area contributed by atoms with Crippen molar-refractivity contribution in [3.05, 3.63) is 40.9 Å². The van der Waals surface area contributed by atoms with Crippen LogP contribution in [0.25, 0.3) is 10.2 Å². The molecule has 0 bridgehead atoms. The summed E-state index contributed by atoms with van der Waals surface area (Å²) in [6.45, 7) is 13.6. The van der Waals surface area contributed by atoms with Gasteiger partial charge in [0.25, 0.3) is 0 Å². The molecule has 0 unspecified atom stereocenters. The third-order valence-electron chi connectivity index (χ3n) is 8.48. The highest BCUT2D eigenvalue weighted by atomic mass is 32.1. The highest BCUT2D eigenvalue weighted by Gasteiger charge is 2.30. The number of carbonyl (C=O) groups is 3. The first kappa shape index (κ1) is 31.5. The van der Waals surface area contributed by atoms with Crippen molar-refractivity contribution < 1.29 is 19.1 Å². The third kappa shape index (κ3) is 9.26. The number of piperazine rings is 1. The van der Waals surface area contributed by atoms with Crippen molar-refractivity contribution in [1.29, 1.82) is 0 Å². The molecular weight excluding hydrogens is 536 g/mol. The van der Waals surface area contributed by atoms with Crippen molar-refractivity contribution in [3.63, 3.8) is 0 Å². The molecule has 2 fully saturated rings. The molecule has 2 atom stereocenters. The van der Waals surface area contributed by atoms with Gasteiger partial charge in [-0.3, -0.25) is 14.5 Å². The van der Waals surface area contributed by atoms with Gasteiger partial charge in [-0.25, -0.2) is 4.98 Å². The van der Waals surface area contributed by atoms with Gasteiger partial charge in [-0.05, 0) is 63.3 Å². The van der Waals surface area contributed by atoms with Gasteiger partial charge in [0, 0.05) is 76.8 Å². The number of hydrogen-bond acceptors (Lipinski definition) is 8. The lowest BCUT2D eigenvalue weighted by Gasteiger charge is -2.33. The van der Waals surface area contributed by atoms with Crippen LogP contribution in [0.3, 0.4) is 0 Å². The summed E-state index contributed by atoms with van der Waals surface area (Å²) in [7, 11) is 2.12. The van der Waals surface area contributed by atoms with E-state index in [0.29, 0.717) is 44.6 Å². The normalized spacial score (nSPS) is 18.7. The molecule has 0 radical (unpaired) electrons. The average Bonchev–Trinajstić information content (AvgIpc) is 3.37. The molecule has 0 saturated carbocycles. The van der Waals surface area contributed by atoms with E-state index in [2.05, 4.69) is 47.8 Å². The number of ketones is 2. The first-order valence-corrected chi connectivity index (χ1v) is 15.9. The van der Waals surface area contributed by atoms with Crippen LogP contribution in [0.4, 0.5) is 0 Å². The van der Waals surface area contributed by atoms with E-state index in [0.717, 1.165) is 60.7 Å². The highest BCUT2D eigenvalue weighted by Crippen LogP contribution is 2.28. The molecule has 224 valence electrons. The molecule has 2 aliphatic heterocycles. The van der Waals surface area contributed by atoms with E-state index in [1.807, 2.05) is 6.07 Å². The number of nitrogens with one attached hydrogen (secondary N) is 1. The number of benzene rings is 1. The predicted molar refractivity (Wildman–Crippen MR) is 164 cm³/mol. The Labute approximate surface area is 248 Å². The topological polar surface area (TPSA) is 91.8 Å². The maximum absolute atomic E-state index is 13.7. The SMILES string of the molecule is C=C(CN1CCN(C)CC1)C(=O)CC[C@@H](NC(=O)[C@@H](CC(C)=O)Cc1nc2ccc(CC)cc2s1)C1CCOCC1. The molecule has 1 N–H and O–H groups in total. The second-order valence-corrected chi connectivity index (χ2v) is 12.9. The Bertz CT molecular complexity index is 1210. The van der Waals surface area contributed by atoms with Gasteiger partial charge in [-0.2, -0.15) is 0 Å². The molecule has 4 rings (SSSR count). The Morgan fingerprint density at radius 2 is 1.90 bits per heavy atom. The van der Waals surface area contributed by atoms with Crippen LogP contribution in [0.5, 0.6) is 0 Å². The van der Waals surface area contributed by atoms with E-state index in [-0.39, 0.29) is 35.9 Å². The summed E-state index contributed by atoms with van der Waals surface area (Å²) >= 11 is 1.60. The summed E-state index contributed by atoms with van der Waals surface area (Å²) in [5.41, 5.74) is 2.83. The number of amides is 1. The number of nitrogens with zero attached hydrogens (tertiary/aromatic N) is 3. The maximum atomic E-state index is 13.7. The Morgan fingerprint density at radius 3 is 2.59 bits per heavy atom. The maximum Gasteiger partial charge on any atom is 0.224 e. The number of hydrogen-bond donors (Lipinski definition) is 1. The van der Waals surface area contributed by atoms with Crippen LogP contribution in [0.15, 0.2) is 30.4 Å². The molecule has 2 saturated heterocycles. The largest absolute Gasteiger partial charge is 0.381 e. The molecule has 1 aromatic heterocycles. The Hall–Kier alpha value is -2.46. The molecular formula is C32H46N4O4S. The number of fused-ring (bicyclic) bond motifs is 1. The number of Topliss-reactive ketones (excluding diaryl/α,β-unsaturated/α-hetero) is 2. The van der Waals surface area contributed by atoms with Crippen molar-refractivity contribution in [2.45, 2.75) is 64.8 Å². The van der Waals surface area contributed by atoms with Gasteiger partial charge in [0.05, 0.1) is 21.1 Å². The summed E-state index contributed by atoms with van der Waals surface area (Å²) in [5.74, 6) is -0.342. The van der Waals surface area contributed by atoms with E-state index in [1.54, 1.807) is 11.3 Å². The summed E-state index contributed by atoms with van der Waals surface area (Å²) in [5, 5.41) is 4.15. The number of likely N-dealkylation sites (N-methyl/N-ethyl adjacent to an activating group) is 1. The molecule has 41 heavy (non-hydrogen) atoms. The van der Waals surface area contributed by atoms with Gasteiger partial charge in [0.1, 0.15) is 5.78 Å². The fourth-order valence-electron chi connectivity index (χ4n) is 5.81. The molecule has 9 heteroatoms. The summed E-state index contributed by atoms with van der Waals surface area (Å²) < 4.78 is 6.69. The molecule has 8 nitrogen and oxygen atoms in total. The monoisotopic (exact) mass is 582 g/mol. The highest BCUT2D eigenvalue weighted by molar-refractivity contribution is 7.18. The lowest BCUT2D eigenvalue weighted by molar-refractivity contribution is -0.130. The van der Waals surface area contributed by atoms with Gasteiger partial charge in [-0.1, -0.05) is 19.6 Å². The number of rotatable bonds is 14. The molecule has 0 spiro atoms. The number of thiazole rings is 1. The minimum Gasteiger partial charge on any atom is -0.381 e. The quantitative estimate of drug-likeness (QED) is 0.336. The van der Waals surface area contributed by atoms with E-state index in [1.165, 1.54) is 12.5 Å². The molecule has 0 aliphatic carbocycles. The summed E-state index contributed by atoms with van der Waals surface area (Å²) in [4.78, 5) is 48.3. The van der Waals surface area contributed by atoms with Crippen LogP contribution in [-0.4, -0.2) is 91.3 Å². The second-order valence-electron chi connectivity index (χ2n) is 11.8. The third-order valence-corrected chi connectivity index (χ3v) is 9.52. The van der Waals surface area contributed by atoms with Crippen molar-refractivity contribution >= 4 is 39.0 Å². The van der Waals surface area contributed by atoms with Crippen LogP contribution in [-0.2, 0) is 32.0 Å². The van der Waals surface area contributed by atoms with Crippen LogP contribution in [0.2, 0.25) is 0 Å². The zero-order valence-corrected chi connectivity index (χ0v) is 25.8. The first-order valence-electron chi connectivity index (χ1n) is 15.1. The van der Waals surface area contributed by atoms with E-state index in [4.69, 9.17) is 9.72 Å². The molecule has 1 aromatic carbocycles. The van der Waals surface area contributed by atoms with Gasteiger partial charge in [0.15, 0.2) is 5.78 Å². The lowest BCUT2D eigenvalue weighted by atomic mass is 9.87. The van der Waals surface area contributed by atoms with Gasteiger partial charge < -0.3 is 19.7 Å². The van der Waals surface area contributed by atoms with Crippen LogP contribution < -0.4 is 5.32 Å². The van der Waals surface area contributed by atoms with E-state index < -0.39 is 5.92 Å². The minimum absolute atomic E-state index is 0.0162.